The number of nitrogens with two attached hydrogens (primary N) is 1. The number of carbonyl (C=O) groups is 1. The molecular formula is C12H20N4O2. The van der Waals surface area contributed by atoms with E-state index in [0.29, 0.717) is 12.4 Å². The SMILES string of the molecule is CC(C)(C)OC(=O)N1CC2C(N)=NN=C2C1(C)C. The minimum atomic E-state index is -0.508. The summed E-state index contributed by atoms with van der Waals surface area (Å²) >= 11 is 0. The molecule has 0 aromatic rings. The molecule has 6 heteroatoms. The van der Waals surface area contributed by atoms with Crippen LogP contribution in [0.1, 0.15) is 34.6 Å². The number of amidine groups is 1. The minimum absolute atomic E-state index is 0.0625. The van der Waals surface area contributed by atoms with Crippen LogP contribution in [0.15, 0.2) is 10.2 Å². The maximum Gasteiger partial charge on any atom is 0.411 e. The first-order valence-electron chi connectivity index (χ1n) is 6.05. The van der Waals surface area contributed by atoms with E-state index in [2.05, 4.69) is 10.2 Å². The molecule has 1 fully saturated rings. The summed E-state index contributed by atoms with van der Waals surface area (Å²) in [5, 5.41) is 7.98. The van der Waals surface area contributed by atoms with Crippen LogP contribution in [-0.4, -0.2) is 40.2 Å². The van der Waals surface area contributed by atoms with Crippen molar-refractivity contribution in [3.8, 4) is 0 Å². The zero-order valence-corrected chi connectivity index (χ0v) is 11.5. The van der Waals surface area contributed by atoms with Crippen molar-refractivity contribution in [2.24, 2.45) is 21.9 Å². The molecule has 1 atom stereocenters. The molecule has 0 spiro atoms. The minimum Gasteiger partial charge on any atom is -0.444 e. The number of nitrogens with zero attached hydrogens (tertiary/aromatic N) is 3. The van der Waals surface area contributed by atoms with Crippen molar-refractivity contribution in [1.29, 1.82) is 0 Å². The van der Waals surface area contributed by atoms with Gasteiger partial charge in [0.1, 0.15) is 11.4 Å². The van der Waals surface area contributed by atoms with Gasteiger partial charge in [0.05, 0.1) is 17.2 Å². The number of amides is 1. The van der Waals surface area contributed by atoms with Crippen molar-refractivity contribution < 1.29 is 9.53 Å². The molecule has 18 heavy (non-hydrogen) atoms. The van der Waals surface area contributed by atoms with Gasteiger partial charge in [-0.15, -0.1) is 5.10 Å². The van der Waals surface area contributed by atoms with Gasteiger partial charge in [-0.1, -0.05) is 0 Å². The molecule has 0 saturated carbocycles. The van der Waals surface area contributed by atoms with Gasteiger partial charge in [-0.05, 0) is 34.6 Å². The number of rotatable bonds is 0. The lowest BCUT2D eigenvalue weighted by molar-refractivity contribution is 0.0171. The van der Waals surface area contributed by atoms with Gasteiger partial charge in [-0.3, -0.25) is 4.90 Å². The topological polar surface area (TPSA) is 80.3 Å². The predicted molar refractivity (Wildman–Crippen MR) is 69.6 cm³/mol. The maximum absolute atomic E-state index is 12.2. The van der Waals surface area contributed by atoms with Gasteiger partial charge in [-0.2, -0.15) is 5.10 Å². The number of ether oxygens (including phenoxy) is 1. The molecular weight excluding hydrogens is 232 g/mol. The first-order valence-corrected chi connectivity index (χ1v) is 6.05. The molecule has 0 aromatic carbocycles. The molecule has 0 aliphatic carbocycles. The summed E-state index contributed by atoms with van der Waals surface area (Å²) in [5.41, 5.74) is 5.62. The Labute approximate surface area is 107 Å². The predicted octanol–water partition coefficient (Wildman–Crippen LogP) is 1.36. The first kappa shape index (κ1) is 12.9. The van der Waals surface area contributed by atoms with Gasteiger partial charge in [0.15, 0.2) is 0 Å². The average Bonchev–Trinajstić information content (AvgIpc) is 2.64. The fraction of sp³-hybridized carbons (Fsp3) is 0.750. The van der Waals surface area contributed by atoms with Crippen LogP contribution < -0.4 is 5.73 Å². The summed E-state index contributed by atoms with van der Waals surface area (Å²) < 4.78 is 5.41. The molecule has 0 radical (unpaired) electrons. The Bertz CT molecular complexity index is 445. The van der Waals surface area contributed by atoms with Crippen LogP contribution in [0.2, 0.25) is 0 Å². The van der Waals surface area contributed by atoms with Crippen molar-refractivity contribution in [3.63, 3.8) is 0 Å². The highest BCUT2D eigenvalue weighted by molar-refractivity contribution is 6.15. The van der Waals surface area contributed by atoms with Gasteiger partial charge in [-0.25, -0.2) is 4.79 Å². The van der Waals surface area contributed by atoms with Crippen molar-refractivity contribution in [3.05, 3.63) is 0 Å². The van der Waals surface area contributed by atoms with Gasteiger partial charge in [0.25, 0.3) is 0 Å². The van der Waals surface area contributed by atoms with Crippen LogP contribution >= 0.6 is 0 Å². The van der Waals surface area contributed by atoms with Crippen molar-refractivity contribution in [1.82, 2.24) is 4.90 Å². The molecule has 6 nitrogen and oxygen atoms in total. The number of fused-ring (bicyclic) bond motifs is 1. The van der Waals surface area contributed by atoms with Crippen molar-refractivity contribution in [2.45, 2.75) is 45.8 Å². The Morgan fingerprint density at radius 2 is 2.06 bits per heavy atom. The van der Waals surface area contributed by atoms with Crippen molar-refractivity contribution >= 4 is 17.6 Å². The van der Waals surface area contributed by atoms with E-state index in [0.717, 1.165) is 5.71 Å². The second-order valence-electron chi connectivity index (χ2n) is 6.21. The molecule has 100 valence electrons. The summed E-state index contributed by atoms with van der Waals surface area (Å²) in [7, 11) is 0. The number of likely N-dealkylation sites (tertiary alicyclic amines) is 1. The second-order valence-corrected chi connectivity index (χ2v) is 6.21. The summed E-state index contributed by atoms with van der Waals surface area (Å²) in [4.78, 5) is 13.9. The van der Waals surface area contributed by atoms with E-state index in [1.54, 1.807) is 4.90 Å². The van der Waals surface area contributed by atoms with Gasteiger partial charge < -0.3 is 10.5 Å². The number of carbonyl (C=O) groups excluding carboxylic acids is 1. The molecule has 0 bridgehead atoms. The highest BCUT2D eigenvalue weighted by Crippen LogP contribution is 2.34. The van der Waals surface area contributed by atoms with Crippen molar-refractivity contribution in [2.75, 3.05) is 6.54 Å². The van der Waals surface area contributed by atoms with Crippen LogP contribution in [0.4, 0.5) is 4.79 Å². The molecule has 2 rings (SSSR count). The van der Waals surface area contributed by atoms with E-state index in [-0.39, 0.29) is 12.0 Å². The molecule has 2 heterocycles. The van der Waals surface area contributed by atoms with Crippen LogP contribution in [0, 0.1) is 5.92 Å². The van der Waals surface area contributed by atoms with Gasteiger partial charge in [0.2, 0.25) is 0 Å². The Balaban J connectivity index is 2.20. The van der Waals surface area contributed by atoms with Crippen LogP contribution in [0.3, 0.4) is 0 Å². The third kappa shape index (κ3) is 1.95. The zero-order valence-electron chi connectivity index (χ0n) is 11.5. The van der Waals surface area contributed by atoms with Gasteiger partial charge >= 0.3 is 6.09 Å². The Morgan fingerprint density at radius 1 is 1.44 bits per heavy atom. The lowest BCUT2D eigenvalue weighted by atomic mass is 9.93. The molecule has 2 N–H and O–H groups in total. The number of hydrogen-bond donors (Lipinski definition) is 1. The fourth-order valence-corrected chi connectivity index (χ4v) is 2.29. The van der Waals surface area contributed by atoms with E-state index in [4.69, 9.17) is 10.5 Å². The quantitative estimate of drug-likeness (QED) is 0.706. The van der Waals surface area contributed by atoms with E-state index < -0.39 is 11.1 Å². The molecule has 1 amide bonds. The molecule has 1 unspecified atom stereocenters. The van der Waals surface area contributed by atoms with E-state index in [1.165, 1.54) is 0 Å². The second kappa shape index (κ2) is 3.70. The molecule has 0 aromatic heterocycles. The third-order valence-electron chi connectivity index (χ3n) is 3.24. The fourth-order valence-electron chi connectivity index (χ4n) is 2.29. The van der Waals surface area contributed by atoms with Gasteiger partial charge in [0, 0.05) is 6.54 Å². The zero-order chi connectivity index (χ0) is 13.7. The number of hydrogen-bond acceptors (Lipinski definition) is 5. The summed E-state index contributed by atoms with van der Waals surface area (Å²) in [5.74, 6) is 0.414. The maximum atomic E-state index is 12.2. The standard InChI is InChI=1S/C12H20N4O2/c1-11(2,3)18-10(17)16-6-7-8(12(16,4)5)14-15-9(7)13/h7H,6H2,1-5H3,(H2,13,15). The molecule has 2 aliphatic heterocycles. The van der Waals surface area contributed by atoms with Crippen LogP contribution in [0.5, 0.6) is 0 Å². The third-order valence-corrected chi connectivity index (χ3v) is 3.24. The molecule has 1 saturated heterocycles. The Morgan fingerprint density at radius 3 is 2.56 bits per heavy atom. The lowest BCUT2D eigenvalue weighted by Gasteiger charge is -2.33. The summed E-state index contributed by atoms with van der Waals surface area (Å²) in [6, 6.07) is 0. The summed E-state index contributed by atoms with van der Waals surface area (Å²) in [6.45, 7) is 9.90. The van der Waals surface area contributed by atoms with E-state index in [1.807, 2.05) is 34.6 Å². The molecule has 2 aliphatic rings. The van der Waals surface area contributed by atoms with E-state index >= 15 is 0 Å². The van der Waals surface area contributed by atoms with Crippen LogP contribution in [0.25, 0.3) is 0 Å². The highest BCUT2D eigenvalue weighted by atomic mass is 16.6. The highest BCUT2D eigenvalue weighted by Gasteiger charge is 2.51. The largest absolute Gasteiger partial charge is 0.444 e. The van der Waals surface area contributed by atoms with Crippen LogP contribution in [-0.2, 0) is 4.74 Å². The monoisotopic (exact) mass is 252 g/mol. The Kier molecular flexibility index (Phi) is 2.64. The normalized spacial score (nSPS) is 25.6. The lowest BCUT2D eigenvalue weighted by Crippen LogP contribution is -2.48. The van der Waals surface area contributed by atoms with E-state index in [9.17, 15) is 4.79 Å². The average molecular weight is 252 g/mol. The smallest absolute Gasteiger partial charge is 0.411 e. The Hall–Kier alpha value is -1.59. The first-order chi connectivity index (χ1) is 8.13. The summed E-state index contributed by atoms with van der Waals surface area (Å²) in [6.07, 6.45) is -0.336.